The molecule has 2 aromatic rings. The minimum absolute atomic E-state index is 0.0147. The van der Waals surface area contributed by atoms with Crippen LogP contribution in [-0.4, -0.2) is 57.6 Å². The zero-order chi connectivity index (χ0) is 22.0. The van der Waals surface area contributed by atoms with E-state index in [1.54, 1.807) is 4.90 Å². The summed E-state index contributed by atoms with van der Waals surface area (Å²) in [5, 5.41) is 10.8. The predicted octanol–water partition coefficient (Wildman–Crippen LogP) is 3.52. The lowest BCUT2D eigenvalue weighted by Crippen LogP contribution is -2.46. The molecule has 1 saturated heterocycles. The fourth-order valence-electron chi connectivity index (χ4n) is 4.27. The third-order valence-corrected chi connectivity index (χ3v) is 6.46. The molecule has 2 heterocycles. The van der Waals surface area contributed by atoms with Gasteiger partial charge in [-0.05, 0) is 49.7 Å². The smallest absolute Gasteiger partial charge is 0.269 e. The Morgan fingerprint density at radius 2 is 1.74 bits per heavy atom. The van der Waals surface area contributed by atoms with Crippen LogP contribution >= 0.6 is 12.2 Å². The maximum Gasteiger partial charge on any atom is 0.269 e. The number of piperidine rings is 1. The molecule has 4 rings (SSSR count). The SMILES string of the molecule is O=C(c1ccc([N+](=O)[O-])cc1)C1CCN(CCN2C(=O)c3ccccc3CC2=S)CC1. The van der Waals surface area contributed by atoms with Gasteiger partial charge in [0, 0.05) is 48.7 Å². The molecule has 0 spiro atoms. The summed E-state index contributed by atoms with van der Waals surface area (Å²) < 4.78 is 0. The summed E-state index contributed by atoms with van der Waals surface area (Å²) in [6.07, 6.45) is 2.08. The Hall–Kier alpha value is -2.97. The average Bonchev–Trinajstić information content (AvgIpc) is 2.79. The van der Waals surface area contributed by atoms with Crippen LogP contribution in [0.5, 0.6) is 0 Å². The number of amides is 1. The minimum atomic E-state index is -0.468. The number of carbonyl (C=O) groups excluding carboxylic acids is 2. The van der Waals surface area contributed by atoms with E-state index in [4.69, 9.17) is 12.2 Å². The van der Waals surface area contributed by atoms with E-state index >= 15 is 0 Å². The van der Waals surface area contributed by atoms with Crippen molar-refractivity contribution in [2.75, 3.05) is 26.2 Å². The first-order valence-electron chi connectivity index (χ1n) is 10.4. The molecular formula is C23H23N3O4S. The second kappa shape index (κ2) is 9.03. The van der Waals surface area contributed by atoms with E-state index in [1.807, 2.05) is 24.3 Å². The number of benzene rings is 2. The van der Waals surface area contributed by atoms with E-state index in [-0.39, 0.29) is 23.3 Å². The van der Waals surface area contributed by atoms with E-state index in [2.05, 4.69) is 4.90 Å². The number of hydrogen-bond donors (Lipinski definition) is 0. The van der Waals surface area contributed by atoms with Crippen molar-refractivity contribution in [1.82, 2.24) is 9.80 Å². The maximum absolute atomic E-state index is 12.8. The molecule has 0 atom stereocenters. The molecule has 0 radical (unpaired) electrons. The molecule has 160 valence electrons. The molecule has 2 aromatic carbocycles. The van der Waals surface area contributed by atoms with E-state index in [0.29, 0.717) is 30.1 Å². The Bertz CT molecular complexity index is 1030. The summed E-state index contributed by atoms with van der Waals surface area (Å²) in [4.78, 5) is 40.5. The number of likely N-dealkylation sites (tertiary alicyclic amines) is 1. The number of rotatable bonds is 6. The zero-order valence-electron chi connectivity index (χ0n) is 17.0. The topological polar surface area (TPSA) is 83.8 Å². The Morgan fingerprint density at radius 3 is 2.42 bits per heavy atom. The van der Waals surface area contributed by atoms with Gasteiger partial charge in [-0.1, -0.05) is 30.4 Å². The van der Waals surface area contributed by atoms with Gasteiger partial charge >= 0.3 is 0 Å². The van der Waals surface area contributed by atoms with Gasteiger partial charge in [-0.3, -0.25) is 19.7 Å². The molecular weight excluding hydrogens is 414 g/mol. The Balaban J connectivity index is 1.29. The van der Waals surface area contributed by atoms with Crippen LogP contribution in [0.2, 0.25) is 0 Å². The summed E-state index contributed by atoms with van der Waals surface area (Å²) >= 11 is 5.48. The van der Waals surface area contributed by atoms with Crippen LogP contribution in [0.3, 0.4) is 0 Å². The number of ketones is 1. The van der Waals surface area contributed by atoms with Crippen molar-refractivity contribution in [3.63, 3.8) is 0 Å². The summed E-state index contributed by atoms with van der Waals surface area (Å²) in [7, 11) is 0. The van der Waals surface area contributed by atoms with Crippen molar-refractivity contribution in [3.8, 4) is 0 Å². The molecule has 8 heteroatoms. The van der Waals surface area contributed by atoms with Gasteiger partial charge in [0.25, 0.3) is 11.6 Å². The molecule has 2 aliphatic heterocycles. The fraction of sp³-hybridized carbons (Fsp3) is 0.348. The predicted molar refractivity (Wildman–Crippen MR) is 120 cm³/mol. The first-order valence-corrected chi connectivity index (χ1v) is 10.8. The van der Waals surface area contributed by atoms with E-state index in [9.17, 15) is 19.7 Å². The largest absolute Gasteiger partial charge is 0.302 e. The number of nitrogens with zero attached hydrogens (tertiary/aromatic N) is 3. The first kappa shape index (κ1) is 21.3. The van der Waals surface area contributed by atoms with Gasteiger partial charge < -0.3 is 9.80 Å². The summed E-state index contributed by atoms with van der Waals surface area (Å²) in [5.41, 5.74) is 2.22. The fourth-order valence-corrected chi connectivity index (χ4v) is 4.60. The van der Waals surface area contributed by atoms with Gasteiger partial charge in [0.2, 0.25) is 0 Å². The van der Waals surface area contributed by atoms with Crippen molar-refractivity contribution in [2.24, 2.45) is 5.92 Å². The van der Waals surface area contributed by atoms with Crippen LogP contribution in [0.25, 0.3) is 0 Å². The van der Waals surface area contributed by atoms with Gasteiger partial charge in [-0.2, -0.15) is 0 Å². The van der Waals surface area contributed by atoms with Gasteiger partial charge in [0.15, 0.2) is 5.78 Å². The van der Waals surface area contributed by atoms with Crippen molar-refractivity contribution in [3.05, 3.63) is 75.3 Å². The number of hydrogen-bond acceptors (Lipinski definition) is 6. The maximum atomic E-state index is 12.8. The molecule has 0 aliphatic carbocycles. The lowest BCUT2D eigenvalue weighted by Gasteiger charge is -2.34. The molecule has 0 unspecified atom stereocenters. The summed E-state index contributed by atoms with van der Waals surface area (Å²) in [5.74, 6) is -0.0732. The van der Waals surface area contributed by atoms with Crippen molar-refractivity contribution >= 4 is 34.6 Å². The standard InChI is InChI=1S/C23H23N3O4S/c27-22(16-5-7-19(8-6-16)26(29)30)17-9-11-24(12-10-17)13-14-25-21(31)15-18-3-1-2-4-20(18)23(25)28/h1-8,17H,9-15H2. The van der Waals surface area contributed by atoms with Crippen LogP contribution < -0.4 is 0 Å². The lowest BCUT2D eigenvalue weighted by atomic mass is 9.89. The molecule has 7 nitrogen and oxygen atoms in total. The number of thiocarbonyl (C=S) groups is 1. The van der Waals surface area contributed by atoms with Crippen LogP contribution in [0.4, 0.5) is 5.69 Å². The van der Waals surface area contributed by atoms with E-state index in [0.717, 1.165) is 37.1 Å². The molecule has 0 saturated carbocycles. The number of Topliss-reactive ketones (excluding diaryl/α,β-unsaturated/α-hetero) is 1. The summed E-state index contributed by atoms with van der Waals surface area (Å²) in [6, 6.07) is 13.4. The van der Waals surface area contributed by atoms with Crippen molar-refractivity contribution in [2.45, 2.75) is 19.3 Å². The third kappa shape index (κ3) is 4.55. The minimum Gasteiger partial charge on any atom is -0.302 e. The number of non-ortho nitro benzene ring substituents is 1. The molecule has 0 aromatic heterocycles. The first-order chi connectivity index (χ1) is 14.9. The molecule has 0 bridgehead atoms. The van der Waals surface area contributed by atoms with Gasteiger partial charge in [0.05, 0.1) is 9.91 Å². The molecule has 0 N–H and O–H groups in total. The van der Waals surface area contributed by atoms with Crippen LogP contribution in [0, 0.1) is 16.0 Å². The summed E-state index contributed by atoms with van der Waals surface area (Å²) in [6.45, 7) is 2.81. The Morgan fingerprint density at radius 1 is 1.06 bits per heavy atom. The van der Waals surface area contributed by atoms with Crippen LogP contribution in [0.15, 0.2) is 48.5 Å². The van der Waals surface area contributed by atoms with Crippen molar-refractivity contribution in [1.29, 1.82) is 0 Å². The average molecular weight is 438 g/mol. The third-order valence-electron chi connectivity index (χ3n) is 6.10. The molecule has 2 aliphatic rings. The number of carbonyl (C=O) groups is 2. The molecule has 1 fully saturated rings. The van der Waals surface area contributed by atoms with Crippen LogP contribution in [-0.2, 0) is 6.42 Å². The quantitative estimate of drug-likeness (QED) is 0.298. The van der Waals surface area contributed by atoms with E-state index < -0.39 is 4.92 Å². The number of fused-ring (bicyclic) bond motifs is 1. The van der Waals surface area contributed by atoms with Gasteiger partial charge in [-0.15, -0.1) is 0 Å². The number of nitro benzene ring substituents is 1. The second-order valence-corrected chi connectivity index (χ2v) is 8.44. The molecule has 31 heavy (non-hydrogen) atoms. The number of nitro groups is 1. The Kier molecular flexibility index (Phi) is 6.20. The second-order valence-electron chi connectivity index (χ2n) is 7.97. The van der Waals surface area contributed by atoms with Crippen LogP contribution in [0.1, 0.15) is 39.1 Å². The lowest BCUT2D eigenvalue weighted by molar-refractivity contribution is -0.384. The zero-order valence-corrected chi connectivity index (χ0v) is 17.8. The van der Waals surface area contributed by atoms with Gasteiger partial charge in [0.1, 0.15) is 0 Å². The Labute approximate surface area is 185 Å². The molecule has 1 amide bonds. The highest BCUT2D eigenvalue weighted by molar-refractivity contribution is 7.80. The van der Waals surface area contributed by atoms with E-state index in [1.165, 1.54) is 24.3 Å². The highest BCUT2D eigenvalue weighted by Crippen LogP contribution is 2.24. The van der Waals surface area contributed by atoms with Gasteiger partial charge in [-0.25, -0.2) is 0 Å². The van der Waals surface area contributed by atoms with Crippen molar-refractivity contribution < 1.29 is 14.5 Å². The highest BCUT2D eigenvalue weighted by atomic mass is 32.1. The highest BCUT2D eigenvalue weighted by Gasteiger charge is 2.30. The monoisotopic (exact) mass is 437 g/mol. The normalized spacial score (nSPS) is 17.5.